The number of rotatable bonds is 9. The first-order chi connectivity index (χ1) is 10.6. The second kappa shape index (κ2) is 9.49. The maximum absolute atomic E-state index is 11.4. The van der Waals surface area contributed by atoms with Crippen molar-refractivity contribution >= 4 is 11.9 Å². The van der Waals surface area contributed by atoms with E-state index in [1.165, 1.54) is 0 Å². The van der Waals surface area contributed by atoms with Crippen LogP contribution in [0.1, 0.15) is 19.4 Å². The molecule has 0 unspecified atom stereocenters. The molecule has 0 fully saturated rings. The average molecular weight is 309 g/mol. The van der Waals surface area contributed by atoms with Crippen LogP contribution in [0.5, 0.6) is 11.5 Å². The van der Waals surface area contributed by atoms with Crippen LogP contribution in [-0.4, -0.2) is 38.2 Å². The topological polar surface area (TPSA) is 103 Å². The van der Waals surface area contributed by atoms with Gasteiger partial charge in [0.25, 0.3) is 0 Å². The number of primary amides is 1. The summed E-state index contributed by atoms with van der Waals surface area (Å²) in [7, 11) is 0. The quantitative estimate of drug-likeness (QED) is 0.628. The Labute approximate surface area is 130 Å². The molecule has 0 aliphatic heterocycles. The van der Waals surface area contributed by atoms with E-state index < -0.39 is 6.03 Å². The van der Waals surface area contributed by atoms with Crippen molar-refractivity contribution in [3.63, 3.8) is 0 Å². The smallest absolute Gasteiger partial charge is 0.312 e. The molecular weight excluding hydrogens is 286 g/mol. The molecule has 3 amide bonds. The summed E-state index contributed by atoms with van der Waals surface area (Å²) in [6.45, 7) is 5.29. The van der Waals surface area contributed by atoms with Crippen molar-refractivity contribution in [1.82, 2.24) is 10.6 Å². The summed E-state index contributed by atoms with van der Waals surface area (Å²) in [6.07, 6.45) is 0.648. The van der Waals surface area contributed by atoms with Gasteiger partial charge in [-0.3, -0.25) is 4.79 Å². The molecule has 0 bridgehead atoms. The molecule has 122 valence electrons. The van der Waals surface area contributed by atoms with Crippen molar-refractivity contribution in [2.24, 2.45) is 5.73 Å². The van der Waals surface area contributed by atoms with E-state index >= 15 is 0 Å². The molecule has 22 heavy (non-hydrogen) atoms. The maximum Gasteiger partial charge on any atom is 0.312 e. The number of benzene rings is 1. The first-order valence-corrected chi connectivity index (χ1v) is 7.25. The molecule has 0 spiro atoms. The van der Waals surface area contributed by atoms with Crippen molar-refractivity contribution in [3.8, 4) is 11.5 Å². The van der Waals surface area contributed by atoms with E-state index in [2.05, 4.69) is 10.6 Å². The fourth-order valence-corrected chi connectivity index (χ4v) is 1.83. The van der Waals surface area contributed by atoms with E-state index in [1.54, 1.807) is 0 Å². The van der Waals surface area contributed by atoms with Crippen LogP contribution in [0.4, 0.5) is 4.79 Å². The summed E-state index contributed by atoms with van der Waals surface area (Å²) in [4.78, 5) is 21.9. The Morgan fingerprint density at radius 1 is 1.09 bits per heavy atom. The SMILES string of the molecule is CCOc1ccc(CCNC(=O)CNC(N)=O)cc1OCC. The molecule has 1 rings (SSSR count). The highest BCUT2D eigenvalue weighted by Crippen LogP contribution is 2.28. The van der Waals surface area contributed by atoms with Crippen molar-refractivity contribution in [1.29, 1.82) is 0 Å². The van der Waals surface area contributed by atoms with Crippen LogP contribution in [0.3, 0.4) is 0 Å². The van der Waals surface area contributed by atoms with Crippen LogP contribution < -0.4 is 25.8 Å². The zero-order valence-corrected chi connectivity index (χ0v) is 13.0. The van der Waals surface area contributed by atoms with E-state index in [4.69, 9.17) is 15.2 Å². The number of amides is 3. The number of nitrogens with one attached hydrogen (secondary N) is 2. The Hall–Kier alpha value is -2.44. The molecule has 0 saturated carbocycles. The summed E-state index contributed by atoms with van der Waals surface area (Å²) in [6, 6.07) is 4.98. The Balaban J connectivity index is 2.50. The standard InChI is InChI=1S/C15H23N3O4/c1-3-21-12-6-5-11(9-13(12)22-4-2)7-8-17-14(19)10-18-15(16)20/h5-6,9H,3-4,7-8,10H2,1-2H3,(H,17,19)(H3,16,18,20). The van der Waals surface area contributed by atoms with Gasteiger partial charge in [-0.15, -0.1) is 0 Å². The first-order valence-electron chi connectivity index (χ1n) is 7.25. The van der Waals surface area contributed by atoms with E-state index in [9.17, 15) is 9.59 Å². The third kappa shape index (κ3) is 6.34. The lowest BCUT2D eigenvalue weighted by molar-refractivity contribution is -0.120. The van der Waals surface area contributed by atoms with Crippen molar-refractivity contribution in [3.05, 3.63) is 23.8 Å². The molecule has 0 atom stereocenters. The van der Waals surface area contributed by atoms with E-state index in [1.807, 2.05) is 32.0 Å². The minimum Gasteiger partial charge on any atom is -0.490 e. The molecule has 0 aliphatic carbocycles. The number of hydrogen-bond acceptors (Lipinski definition) is 4. The van der Waals surface area contributed by atoms with Gasteiger partial charge in [0.1, 0.15) is 0 Å². The summed E-state index contributed by atoms with van der Waals surface area (Å²) in [5, 5.41) is 4.93. The first kappa shape index (κ1) is 17.6. The second-order valence-electron chi connectivity index (χ2n) is 4.46. The second-order valence-corrected chi connectivity index (χ2v) is 4.46. The Kier molecular flexibility index (Phi) is 7.60. The van der Waals surface area contributed by atoms with Gasteiger partial charge < -0.3 is 25.8 Å². The van der Waals surface area contributed by atoms with Crippen LogP contribution in [-0.2, 0) is 11.2 Å². The van der Waals surface area contributed by atoms with Gasteiger partial charge in [-0.1, -0.05) is 6.07 Å². The minimum atomic E-state index is -0.719. The van der Waals surface area contributed by atoms with Gasteiger partial charge in [-0.2, -0.15) is 0 Å². The van der Waals surface area contributed by atoms with E-state index in [0.717, 1.165) is 5.56 Å². The average Bonchev–Trinajstić information content (AvgIpc) is 2.48. The number of ether oxygens (including phenoxy) is 2. The summed E-state index contributed by atoms with van der Waals surface area (Å²) in [5.41, 5.74) is 5.91. The maximum atomic E-state index is 11.4. The molecule has 0 heterocycles. The Bertz CT molecular complexity index is 506. The monoisotopic (exact) mass is 309 g/mol. The van der Waals surface area contributed by atoms with Crippen molar-refractivity contribution in [2.45, 2.75) is 20.3 Å². The highest BCUT2D eigenvalue weighted by molar-refractivity contribution is 5.83. The molecule has 0 radical (unpaired) electrons. The molecule has 0 saturated heterocycles. The van der Waals surface area contributed by atoms with Crippen LogP contribution in [0.2, 0.25) is 0 Å². The Morgan fingerprint density at radius 3 is 2.41 bits per heavy atom. The molecule has 0 aromatic heterocycles. The number of hydrogen-bond donors (Lipinski definition) is 3. The molecule has 7 heteroatoms. The summed E-state index contributed by atoms with van der Waals surface area (Å²) >= 11 is 0. The van der Waals surface area contributed by atoms with Gasteiger partial charge >= 0.3 is 6.03 Å². The van der Waals surface area contributed by atoms with Gasteiger partial charge in [0, 0.05) is 6.54 Å². The normalized spacial score (nSPS) is 9.91. The Morgan fingerprint density at radius 2 is 1.77 bits per heavy atom. The van der Waals surface area contributed by atoms with E-state index in [0.29, 0.717) is 37.7 Å². The fraction of sp³-hybridized carbons (Fsp3) is 0.467. The van der Waals surface area contributed by atoms with Gasteiger partial charge in [-0.25, -0.2) is 4.79 Å². The van der Waals surface area contributed by atoms with Gasteiger partial charge in [0.15, 0.2) is 11.5 Å². The summed E-state index contributed by atoms with van der Waals surface area (Å²) < 4.78 is 11.0. The van der Waals surface area contributed by atoms with Crippen LogP contribution in [0.15, 0.2) is 18.2 Å². The molecule has 1 aromatic rings. The molecular formula is C15H23N3O4. The zero-order chi connectivity index (χ0) is 16.4. The predicted molar refractivity (Wildman–Crippen MR) is 83.1 cm³/mol. The lowest BCUT2D eigenvalue weighted by Crippen LogP contribution is -2.39. The highest BCUT2D eigenvalue weighted by atomic mass is 16.5. The molecule has 7 nitrogen and oxygen atoms in total. The molecule has 0 aliphatic rings. The number of nitrogens with two attached hydrogens (primary N) is 1. The van der Waals surface area contributed by atoms with Gasteiger partial charge in [0.2, 0.25) is 5.91 Å². The van der Waals surface area contributed by atoms with Crippen molar-refractivity contribution < 1.29 is 19.1 Å². The van der Waals surface area contributed by atoms with Crippen LogP contribution >= 0.6 is 0 Å². The third-order valence-electron chi connectivity index (χ3n) is 2.77. The zero-order valence-electron chi connectivity index (χ0n) is 13.0. The van der Waals surface area contributed by atoms with Crippen LogP contribution in [0, 0.1) is 0 Å². The summed E-state index contributed by atoms with van der Waals surface area (Å²) in [5.74, 6) is 1.13. The van der Waals surface area contributed by atoms with E-state index in [-0.39, 0.29) is 12.5 Å². The third-order valence-corrected chi connectivity index (χ3v) is 2.77. The molecule has 4 N–H and O–H groups in total. The lowest BCUT2D eigenvalue weighted by Gasteiger charge is -2.12. The number of carbonyl (C=O) groups is 2. The van der Waals surface area contributed by atoms with Crippen molar-refractivity contribution in [2.75, 3.05) is 26.3 Å². The lowest BCUT2D eigenvalue weighted by atomic mass is 10.1. The van der Waals surface area contributed by atoms with Gasteiger partial charge in [0.05, 0.1) is 19.8 Å². The predicted octanol–water partition coefficient (Wildman–Crippen LogP) is 0.811. The number of urea groups is 1. The van der Waals surface area contributed by atoms with Gasteiger partial charge in [-0.05, 0) is 38.0 Å². The fourth-order valence-electron chi connectivity index (χ4n) is 1.83. The molecule has 1 aromatic carbocycles. The largest absolute Gasteiger partial charge is 0.490 e. The minimum absolute atomic E-state index is 0.122. The number of carbonyl (C=O) groups excluding carboxylic acids is 2. The van der Waals surface area contributed by atoms with Crippen LogP contribution in [0.25, 0.3) is 0 Å². The highest BCUT2D eigenvalue weighted by Gasteiger charge is 2.07.